The summed E-state index contributed by atoms with van der Waals surface area (Å²) in [5.74, 6) is 0.407. The summed E-state index contributed by atoms with van der Waals surface area (Å²) < 4.78 is 29.4. The first kappa shape index (κ1) is 19.0. The fourth-order valence-corrected chi connectivity index (χ4v) is 3.88. The first-order chi connectivity index (χ1) is 12.6. The molecule has 1 aromatic rings. The van der Waals surface area contributed by atoms with E-state index in [0.717, 1.165) is 38.0 Å². The molecule has 3 rings (SSSR count). The Bertz CT molecular complexity index is 615. The van der Waals surface area contributed by atoms with Crippen molar-refractivity contribution in [2.24, 2.45) is 11.8 Å². The standard InChI is InChI=1S/C18H26F2N4O2/c1-21-9-12-4-3-7-24(11-12)17(25)15-10-22-23-16(15)13-5-2-6-14(8-13)26-18(19)20/h2,5-6,8,12,15-16,18,21-23H,3-4,7,9-11H2,1H3. The molecule has 0 bridgehead atoms. The summed E-state index contributed by atoms with van der Waals surface area (Å²) in [6.07, 6.45) is 2.14. The van der Waals surface area contributed by atoms with Gasteiger partial charge >= 0.3 is 6.61 Å². The van der Waals surface area contributed by atoms with Crippen molar-refractivity contribution in [2.75, 3.05) is 33.2 Å². The first-order valence-electron chi connectivity index (χ1n) is 9.05. The Morgan fingerprint density at radius 3 is 3.08 bits per heavy atom. The van der Waals surface area contributed by atoms with Crippen LogP contribution in [0.2, 0.25) is 0 Å². The fraction of sp³-hybridized carbons (Fsp3) is 0.611. The Morgan fingerprint density at radius 1 is 1.46 bits per heavy atom. The topological polar surface area (TPSA) is 65.6 Å². The molecule has 144 valence electrons. The summed E-state index contributed by atoms with van der Waals surface area (Å²) in [6, 6.07) is 6.27. The smallest absolute Gasteiger partial charge is 0.387 e. The van der Waals surface area contributed by atoms with E-state index in [1.807, 2.05) is 18.0 Å². The maximum absolute atomic E-state index is 13.1. The van der Waals surface area contributed by atoms with Crippen LogP contribution in [0.1, 0.15) is 24.4 Å². The number of halogens is 2. The molecule has 8 heteroatoms. The maximum atomic E-state index is 13.1. The second-order valence-electron chi connectivity index (χ2n) is 6.91. The predicted molar refractivity (Wildman–Crippen MR) is 93.7 cm³/mol. The van der Waals surface area contributed by atoms with E-state index in [1.165, 1.54) is 6.07 Å². The third-order valence-corrected chi connectivity index (χ3v) is 5.06. The van der Waals surface area contributed by atoms with Gasteiger partial charge in [0.25, 0.3) is 0 Å². The number of carbonyl (C=O) groups is 1. The molecule has 0 aromatic heterocycles. The van der Waals surface area contributed by atoms with E-state index in [-0.39, 0.29) is 23.6 Å². The molecular formula is C18H26F2N4O2. The Kier molecular flexibility index (Phi) is 6.39. The van der Waals surface area contributed by atoms with Gasteiger partial charge in [-0.1, -0.05) is 12.1 Å². The number of hydrogen-bond acceptors (Lipinski definition) is 5. The van der Waals surface area contributed by atoms with Gasteiger partial charge in [0.2, 0.25) is 5.91 Å². The summed E-state index contributed by atoms with van der Waals surface area (Å²) in [6.45, 7) is 0.0847. The minimum absolute atomic E-state index is 0.101. The van der Waals surface area contributed by atoms with E-state index >= 15 is 0 Å². The molecule has 3 atom stereocenters. The minimum Gasteiger partial charge on any atom is -0.435 e. The highest BCUT2D eigenvalue weighted by molar-refractivity contribution is 5.80. The molecule has 2 aliphatic rings. The van der Waals surface area contributed by atoms with Crippen LogP contribution in [0, 0.1) is 11.8 Å². The lowest BCUT2D eigenvalue weighted by molar-refractivity contribution is -0.137. The van der Waals surface area contributed by atoms with Crippen molar-refractivity contribution in [3.8, 4) is 5.75 Å². The monoisotopic (exact) mass is 368 g/mol. The molecule has 2 heterocycles. The van der Waals surface area contributed by atoms with Gasteiger partial charge in [-0.05, 0) is 50.0 Å². The van der Waals surface area contributed by atoms with Crippen molar-refractivity contribution in [3.05, 3.63) is 29.8 Å². The lowest BCUT2D eigenvalue weighted by Crippen LogP contribution is -2.46. The lowest BCUT2D eigenvalue weighted by atomic mass is 9.91. The predicted octanol–water partition coefficient (Wildman–Crippen LogP) is 1.51. The van der Waals surface area contributed by atoms with E-state index in [1.54, 1.807) is 12.1 Å². The molecule has 6 nitrogen and oxygen atoms in total. The van der Waals surface area contributed by atoms with Gasteiger partial charge in [0, 0.05) is 19.6 Å². The van der Waals surface area contributed by atoms with E-state index in [0.29, 0.717) is 12.5 Å². The molecule has 1 aromatic carbocycles. The Hall–Kier alpha value is -1.77. The Morgan fingerprint density at radius 2 is 2.31 bits per heavy atom. The van der Waals surface area contributed by atoms with Crippen molar-refractivity contribution < 1.29 is 18.3 Å². The molecule has 3 unspecified atom stereocenters. The van der Waals surface area contributed by atoms with Crippen LogP contribution in [0.3, 0.4) is 0 Å². The van der Waals surface area contributed by atoms with E-state index in [4.69, 9.17) is 0 Å². The zero-order valence-corrected chi connectivity index (χ0v) is 14.9. The molecule has 0 aliphatic carbocycles. The number of nitrogens with one attached hydrogen (secondary N) is 3. The van der Waals surface area contributed by atoms with Crippen LogP contribution < -0.4 is 20.9 Å². The zero-order chi connectivity index (χ0) is 18.5. The molecule has 2 saturated heterocycles. The number of carbonyl (C=O) groups excluding carboxylic acids is 1. The van der Waals surface area contributed by atoms with Crippen molar-refractivity contribution in [1.82, 2.24) is 21.1 Å². The Balaban J connectivity index is 1.70. The molecule has 1 amide bonds. The third kappa shape index (κ3) is 4.49. The van der Waals surface area contributed by atoms with Crippen LogP contribution in [-0.4, -0.2) is 50.6 Å². The number of hydrazine groups is 1. The highest BCUT2D eigenvalue weighted by Gasteiger charge is 2.37. The van der Waals surface area contributed by atoms with Gasteiger partial charge in [0.1, 0.15) is 5.75 Å². The summed E-state index contributed by atoms with van der Waals surface area (Å²) in [5, 5.41) is 3.18. The summed E-state index contributed by atoms with van der Waals surface area (Å²) in [5.41, 5.74) is 6.91. The maximum Gasteiger partial charge on any atom is 0.387 e. The van der Waals surface area contributed by atoms with Gasteiger partial charge in [-0.15, -0.1) is 0 Å². The van der Waals surface area contributed by atoms with E-state index < -0.39 is 6.61 Å². The number of ether oxygens (including phenoxy) is 1. The second-order valence-corrected chi connectivity index (χ2v) is 6.91. The van der Waals surface area contributed by atoms with E-state index in [2.05, 4.69) is 20.9 Å². The van der Waals surface area contributed by atoms with Crippen LogP contribution in [0.5, 0.6) is 5.75 Å². The largest absolute Gasteiger partial charge is 0.435 e. The van der Waals surface area contributed by atoms with Crippen LogP contribution in [0.15, 0.2) is 24.3 Å². The molecule has 26 heavy (non-hydrogen) atoms. The number of piperidine rings is 1. The van der Waals surface area contributed by atoms with Gasteiger partial charge in [-0.2, -0.15) is 8.78 Å². The van der Waals surface area contributed by atoms with Crippen LogP contribution in [0.4, 0.5) is 8.78 Å². The first-order valence-corrected chi connectivity index (χ1v) is 9.05. The number of benzene rings is 1. The molecule has 0 saturated carbocycles. The number of nitrogens with zero attached hydrogens (tertiary/aromatic N) is 1. The highest BCUT2D eigenvalue weighted by Crippen LogP contribution is 2.30. The number of amides is 1. The van der Waals surface area contributed by atoms with Crippen LogP contribution >= 0.6 is 0 Å². The quantitative estimate of drug-likeness (QED) is 0.710. The molecule has 3 N–H and O–H groups in total. The Labute approximate surface area is 152 Å². The summed E-state index contributed by atoms with van der Waals surface area (Å²) >= 11 is 0. The SMILES string of the molecule is CNCC1CCCN(C(=O)C2CNNC2c2cccc(OC(F)F)c2)C1. The van der Waals surface area contributed by atoms with Crippen molar-refractivity contribution in [2.45, 2.75) is 25.5 Å². The molecule has 0 spiro atoms. The van der Waals surface area contributed by atoms with Gasteiger partial charge in [0.05, 0.1) is 12.0 Å². The van der Waals surface area contributed by atoms with Gasteiger partial charge in [-0.3, -0.25) is 10.2 Å². The average Bonchev–Trinajstić information content (AvgIpc) is 3.11. The van der Waals surface area contributed by atoms with Gasteiger partial charge < -0.3 is 15.0 Å². The van der Waals surface area contributed by atoms with E-state index in [9.17, 15) is 13.6 Å². The van der Waals surface area contributed by atoms with Crippen molar-refractivity contribution in [3.63, 3.8) is 0 Å². The number of rotatable bonds is 6. The van der Waals surface area contributed by atoms with Crippen LogP contribution in [0.25, 0.3) is 0 Å². The summed E-state index contributed by atoms with van der Waals surface area (Å²) in [7, 11) is 1.93. The average molecular weight is 368 g/mol. The zero-order valence-electron chi connectivity index (χ0n) is 14.9. The molecule has 2 aliphatic heterocycles. The molecular weight excluding hydrogens is 342 g/mol. The highest BCUT2D eigenvalue weighted by atomic mass is 19.3. The lowest BCUT2D eigenvalue weighted by Gasteiger charge is -2.35. The fourth-order valence-electron chi connectivity index (χ4n) is 3.88. The van der Waals surface area contributed by atoms with Crippen molar-refractivity contribution in [1.29, 1.82) is 0 Å². The summed E-state index contributed by atoms with van der Waals surface area (Å²) in [4.78, 5) is 15.0. The van der Waals surface area contributed by atoms with Crippen LogP contribution in [-0.2, 0) is 4.79 Å². The minimum atomic E-state index is -2.87. The second kappa shape index (κ2) is 8.75. The molecule has 2 fully saturated rings. The van der Waals surface area contributed by atoms with Gasteiger partial charge in [-0.25, -0.2) is 5.43 Å². The number of hydrogen-bond donors (Lipinski definition) is 3. The molecule has 0 radical (unpaired) electrons. The number of likely N-dealkylation sites (tertiary alicyclic amines) is 1. The number of alkyl halides is 2. The van der Waals surface area contributed by atoms with Crippen molar-refractivity contribution >= 4 is 5.91 Å². The third-order valence-electron chi connectivity index (χ3n) is 5.06. The van der Waals surface area contributed by atoms with Gasteiger partial charge in [0.15, 0.2) is 0 Å². The normalized spacial score (nSPS) is 26.3.